The van der Waals surface area contributed by atoms with E-state index in [0.717, 1.165) is 50.8 Å². The molecule has 0 aliphatic heterocycles. The van der Waals surface area contributed by atoms with E-state index in [1.165, 1.54) is 0 Å². The van der Waals surface area contributed by atoms with Crippen molar-refractivity contribution in [3.05, 3.63) is 18.2 Å². The van der Waals surface area contributed by atoms with E-state index in [1.807, 2.05) is 18.2 Å². The van der Waals surface area contributed by atoms with Crippen molar-refractivity contribution in [3.63, 3.8) is 0 Å². The molecule has 2 N–H and O–H groups in total. The van der Waals surface area contributed by atoms with E-state index in [1.54, 1.807) is 7.11 Å². The van der Waals surface area contributed by atoms with E-state index < -0.39 is 0 Å². The molecule has 0 radical (unpaired) electrons. The number of nitrogens with zero attached hydrogens (tertiary/aromatic N) is 2. The third-order valence-electron chi connectivity index (χ3n) is 2.78. The summed E-state index contributed by atoms with van der Waals surface area (Å²) in [7, 11) is 3.82. The van der Waals surface area contributed by atoms with Crippen molar-refractivity contribution in [3.8, 4) is 0 Å². The maximum absolute atomic E-state index is 5.05. The first kappa shape index (κ1) is 15.7. The number of likely N-dealkylation sites (N-methyl/N-ethyl adjacent to an activating group) is 1. The van der Waals surface area contributed by atoms with Crippen LogP contribution < -0.4 is 10.6 Å². The van der Waals surface area contributed by atoms with Crippen molar-refractivity contribution < 1.29 is 4.74 Å². The molecule has 1 aromatic heterocycles. The summed E-state index contributed by atoms with van der Waals surface area (Å²) >= 11 is 0. The average molecular weight is 266 g/mol. The van der Waals surface area contributed by atoms with Crippen LogP contribution in [-0.2, 0) is 4.74 Å². The van der Waals surface area contributed by atoms with Crippen LogP contribution in [-0.4, -0.2) is 56.8 Å². The molecule has 0 unspecified atom stereocenters. The van der Waals surface area contributed by atoms with E-state index in [-0.39, 0.29) is 0 Å². The number of hydrogen-bond acceptors (Lipinski definition) is 5. The van der Waals surface area contributed by atoms with Gasteiger partial charge in [-0.2, -0.15) is 0 Å². The zero-order chi connectivity index (χ0) is 13.9. The quantitative estimate of drug-likeness (QED) is 0.677. The molecule has 5 heteroatoms. The van der Waals surface area contributed by atoms with Gasteiger partial charge in [-0.1, -0.05) is 13.0 Å². The minimum Gasteiger partial charge on any atom is -0.383 e. The van der Waals surface area contributed by atoms with Crippen LogP contribution in [0.15, 0.2) is 18.2 Å². The van der Waals surface area contributed by atoms with E-state index in [0.29, 0.717) is 0 Å². The summed E-state index contributed by atoms with van der Waals surface area (Å²) in [6.45, 7) is 6.66. The number of methoxy groups -OCH3 is 1. The molecule has 0 amide bonds. The molecule has 0 spiro atoms. The second-order valence-corrected chi connectivity index (χ2v) is 4.56. The summed E-state index contributed by atoms with van der Waals surface area (Å²) in [4.78, 5) is 6.74. The van der Waals surface area contributed by atoms with Gasteiger partial charge in [0.05, 0.1) is 6.61 Å². The van der Waals surface area contributed by atoms with Crippen LogP contribution in [0.4, 0.5) is 11.6 Å². The van der Waals surface area contributed by atoms with Crippen molar-refractivity contribution in [2.75, 3.05) is 57.6 Å². The lowest BCUT2D eigenvalue weighted by molar-refractivity contribution is 0.163. The molecule has 19 heavy (non-hydrogen) atoms. The van der Waals surface area contributed by atoms with Crippen molar-refractivity contribution in [1.29, 1.82) is 0 Å². The molecule has 0 saturated heterocycles. The minimum absolute atomic E-state index is 0.769. The second-order valence-electron chi connectivity index (χ2n) is 4.56. The Kier molecular flexibility index (Phi) is 7.93. The lowest BCUT2D eigenvalue weighted by atomic mass is 10.4. The van der Waals surface area contributed by atoms with Crippen LogP contribution in [0, 0.1) is 0 Å². The van der Waals surface area contributed by atoms with Crippen molar-refractivity contribution >= 4 is 11.6 Å². The number of nitrogens with one attached hydrogen (secondary N) is 2. The summed E-state index contributed by atoms with van der Waals surface area (Å²) in [5.41, 5.74) is 0. The molecule has 0 bridgehead atoms. The number of pyridine rings is 1. The Morgan fingerprint density at radius 3 is 2.47 bits per heavy atom. The monoisotopic (exact) mass is 266 g/mol. The highest BCUT2D eigenvalue weighted by atomic mass is 16.5. The molecule has 5 nitrogen and oxygen atoms in total. The molecule has 0 fully saturated rings. The maximum atomic E-state index is 5.05. The highest BCUT2D eigenvalue weighted by molar-refractivity contribution is 5.44. The van der Waals surface area contributed by atoms with Gasteiger partial charge >= 0.3 is 0 Å². The average Bonchev–Trinajstić information content (AvgIpc) is 2.43. The molecule has 1 heterocycles. The van der Waals surface area contributed by atoms with Crippen LogP contribution in [0.2, 0.25) is 0 Å². The van der Waals surface area contributed by atoms with Gasteiger partial charge in [-0.3, -0.25) is 0 Å². The van der Waals surface area contributed by atoms with Crippen molar-refractivity contribution in [2.24, 2.45) is 0 Å². The van der Waals surface area contributed by atoms with E-state index in [2.05, 4.69) is 34.5 Å². The van der Waals surface area contributed by atoms with Gasteiger partial charge in [0.25, 0.3) is 0 Å². The number of ether oxygens (including phenoxy) is 1. The molecule has 0 saturated carbocycles. The predicted molar refractivity (Wildman–Crippen MR) is 80.9 cm³/mol. The van der Waals surface area contributed by atoms with Crippen molar-refractivity contribution in [2.45, 2.75) is 13.3 Å². The Hall–Kier alpha value is -1.33. The highest BCUT2D eigenvalue weighted by Crippen LogP contribution is 2.08. The largest absolute Gasteiger partial charge is 0.383 e. The minimum atomic E-state index is 0.769. The lowest BCUT2D eigenvalue weighted by Crippen LogP contribution is -2.28. The van der Waals surface area contributed by atoms with Gasteiger partial charge in [0.1, 0.15) is 11.6 Å². The summed E-state index contributed by atoms with van der Waals surface area (Å²) < 4.78 is 5.05. The zero-order valence-electron chi connectivity index (χ0n) is 12.3. The second kappa shape index (κ2) is 9.58. The standard InChI is InChI=1S/C14H26N4O/c1-4-8-15-13-6-5-7-14(17-13)16-9-10-18(2)11-12-19-3/h5-7H,4,8-12H2,1-3H3,(H2,15,16,17). The van der Waals surface area contributed by atoms with Crippen LogP contribution >= 0.6 is 0 Å². The molecule has 1 aromatic rings. The van der Waals surface area contributed by atoms with Gasteiger partial charge < -0.3 is 20.3 Å². The topological polar surface area (TPSA) is 49.4 Å². The first-order valence-electron chi connectivity index (χ1n) is 6.88. The van der Waals surface area contributed by atoms with Gasteiger partial charge in [-0.15, -0.1) is 0 Å². The number of aromatic nitrogens is 1. The number of hydrogen-bond donors (Lipinski definition) is 2. The van der Waals surface area contributed by atoms with Gasteiger partial charge in [-0.25, -0.2) is 4.98 Å². The Morgan fingerprint density at radius 1 is 1.16 bits per heavy atom. The smallest absolute Gasteiger partial charge is 0.128 e. The summed E-state index contributed by atoms with van der Waals surface area (Å²) in [5.74, 6) is 1.85. The van der Waals surface area contributed by atoms with Crippen LogP contribution in [0.1, 0.15) is 13.3 Å². The predicted octanol–water partition coefficient (Wildman–Crippen LogP) is 1.89. The third kappa shape index (κ3) is 6.98. The van der Waals surface area contributed by atoms with Gasteiger partial charge in [0.2, 0.25) is 0 Å². The van der Waals surface area contributed by atoms with Crippen LogP contribution in [0.3, 0.4) is 0 Å². The molecule has 0 aliphatic carbocycles. The third-order valence-corrected chi connectivity index (χ3v) is 2.78. The SMILES string of the molecule is CCCNc1cccc(NCCN(C)CCOC)n1. The Labute approximate surface area is 116 Å². The molecule has 0 atom stereocenters. The Bertz CT molecular complexity index is 346. The summed E-state index contributed by atoms with van der Waals surface area (Å²) in [5, 5.41) is 6.62. The summed E-state index contributed by atoms with van der Waals surface area (Å²) in [6, 6.07) is 6.00. The normalized spacial score (nSPS) is 10.7. The molecule has 1 rings (SSSR count). The fraction of sp³-hybridized carbons (Fsp3) is 0.643. The zero-order valence-corrected chi connectivity index (χ0v) is 12.3. The maximum Gasteiger partial charge on any atom is 0.128 e. The highest BCUT2D eigenvalue weighted by Gasteiger charge is 1.99. The Morgan fingerprint density at radius 2 is 1.84 bits per heavy atom. The number of anilines is 2. The lowest BCUT2D eigenvalue weighted by Gasteiger charge is -2.16. The first-order valence-corrected chi connectivity index (χ1v) is 6.88. The number of rotatable bonds is 10. The van der Waals surface area contributed by atoms with Gasteiger partial charge in [-0.05, 0) is 25.6 Å². The molecular formula is C14H26N4O. The van der Waals surface area contributed by atoms with Gasteiger partial charge in [0, 0.05) is 33.3 Å². The molecule has 108 valence electrons. The molecule has 0 aromatic carbocycles. The summed E-state index contributed by atoms with van der Waals surface area (Å²) in [6.07, 6.45) is 1.10. The van der Waals surface area contributed by atoms with E-state index >= 15 is 0 Å². The molecular weight excluding hydrogens is 240 g/mol. The van der Waals surface area contributed by atoms with Crippen LogP contribution in [0.5, 0.6) is 0 Å². The fourth-order valence-electron chi connectivity index (χ4n) is 1.62. The first-order chi connectivity index (χ1) is 9.26. The van der Waals surface area contributed by atoms with Gasteiger partial charge in [0.15, 0.2) is 0 Å². The van der Waals surface area contributed by atoms with Crippen LogP contribution in [0.25, 0.3) is 0 Å². The fourth-order valence-corrected chi connectivity index (χ4v) is 1.62. The molecule has 0 aliphatic rings. The van der Waals surface area contributed by atoms with Crippen molar-refractivity contribution in [1.82, 2.24) is 9.88 Å². The van der Waals surface area contributed by atoms with E-state index in [4.69, 9.17) is 4.74 Å². The Balaban J connectivity index is 2.28. The van der Waals surface area contributed by atoms with E-state index in [9.17, 15) is 0 Å².